The Morgan fingerprint density at radius 2 is 2.21 bits per heavy atom. The summed E-state index contributed by atoms with van der Waals surface area (Å²) in [4.78, 5) is 11.7. The molecule has 3 N–H and O–H groups in total. The normalized spacial score (nSPS) is 37.4. The number of amides is 1. The van der Waals surface area contributed by atoms with Crippen LogP contribution in [-0.2, 0) is 9.53 Å². The minimum atomic E-state index is 0.144. The first-order valence-electron chi connectivity index (χ1n) is 5.39. The van der Waals surface area contributed by atoms with E-state index in [1.165, 1.54) is 0 Å². The standard InChI is InChI=1S/C10H18N2O2/c11-8-2-1-7(5-8)10(13)12-9-3-4-14-6-9/h7-9H,1-6,11H2,(H,12,13)/t7-,8+,9?/m1/s1. The zero-order chi connectivity index (χ0) is 9.97. The predicted molar refractivity (Wildman–Crippen MR) is 52.7 cm³/mol. The highest BCUT2D eigenvalue weighted by molar-refractivity contribution is 5.79. The molecule has 0 spiro atoms. The zero-order valence-corrected chi connectivity index (χ0v) is 8.37. The maximum atomic E-state index is 11.7. The summed E-state index contributed by atoms with van der Waals surface area (Å²) >= 11 is 0. The highest BCUT2D eigenvalue weighted by Gasteiger charge is 2.29. The van der Waals surface area contributed by atoms with Crippen LogP contribution in [0.5, 0.6) is 0 Å². The summed E-state index contributed by atoms with van der Waals surface area (Å²) in [5.41, 5.74) is 5.77. The lowest BCUT2D eigenvalue weighted by Crippen LogP contribution is -2.38. The third-order valence-electron chi connectivity index (χ3n) is 3.12. The molecule has 4 heteroatoms. The van der Waals surface area contributed by atoms with Gasteiger partial charge in [-0.2, -0.15) is 0 Å². The highest BCUT2D eigenvalue weighted by Crippen LogP contribution is 2.24. The molecule has 80 valence electrons. The second-order valence-corrected chi connectivity index (χ2v) is 4.34. The van der Waals surface area contributed by atoms with E-state index in [4.69, 9.17) is 10.5 Å². The molecule has 1 unspecified atom stereocenters. The molecule has 1 saturated heterocycles. The number of carbonyl (C=O) groups excluding carboxylic acids is 1. The monoisotopic (exact) mass is 198 g/mol. The van der Waals surface area contributed by atoms with E-state index >= 15 is 0 Å². The molecule has 2 rings (SSSR count). The van der Waals surface area contributed by atoms with Crippen molar-refractivity contribution < 1.29 is 9.53 Å². The van der Waals surface area contributed by atoms with E-state index < -0.39 is 0 Å². The Hall–Kier alpha value is -0.610. The van der Waals surface area contributed by atoms with Crippen LogP contribution >= 0.6 is 0 Å². The summed E-state index contributed by atoms with van der Waals surface area (Å²) in [7, 11) is 0. The molecular weight excluding hydrogens is 180 g/mol. The van der Waals surface area contributed by atoms with Crippen LogP contribution in [0, 0.1) is 5.92 Å². The van der Waals surface area contributed by atoms with Gasteiger partial charge in [-0.15, -0.1) is 0 Å². The largest absolute Gasteiger partial charge is 0.379 e. The minimum absolute atomic E-state index is 0.144. The van der Waals surface area contributed by atoms with Crippen molar-refractivity contribution in [3.05, 3.63) is 0 Å². The van der Waals surface area contributed by atoms with Crippen LogP contribution in [0.25, 0.3) is 0 Å². The van der Waals surface area contributed by atoms with Gasteiger partial charge in [-0.25, -0.2) is 0 Å². The van der Waals surface area contributed by atoms with Gasteiger partial charge in [-0.3, -0.25) is 4.79 Å². The first-order chi connectivity index (χ1) is 6.75. The third-order valence-corrected chi connectivity index (χ3v) is 3.12. The molecule has 0 aromatic rings. The lowest BCUT2D eigenvalue weighted by atomic mass is 10.1. The molecule has 2 aliphatic rings. The molecule has 0 aromatic carbocycles. The summed E-state index contributed by atoms with van der Waals surface area (Å²) in [6.45, 7) is 1.44. The van der Waals surface area contributed by atoms with E-state index in [-0.39, 0.29) is 23.9 Å². The molecule has 1 saturated carbocycles. The van der Waals surface area contributed by atoms with Crippen molar-refractivity contribution in [2.45, 2.75) is 37.8 Å². The van der Waals surface area contributed by atoms with Crippen molar-refractivity contribution in [3.8, 4) is 0 Å². The molecule has 3 atom stereocenters. The van der Waals surface area contributed by atoms with Gasteiger partial charge in [0.25, 0.3) is 0 Å². The fraction of sp³-hybridized carbons (Fsp3) is 0.900. The van der Waals surface area contributed by atoms with Crippen molar-refractivity contribution in [2.24, 2.45) is 11.7 Å². The maximum Gasteiger partial charge on any atom is 0.223 e. The zero-order valence-electron chi connectivity index (χ0n) is 8.37. The van der Waals surface area contributed by atoms with Gasteiger partial charge >= 0.3 is 0 Å². The van der Waals surface area contributed by atoms with Crippen LogP contribution in [0.15, 0.2) is 0 Å². The molecule has 0 aromatic heterocycles. The first-order valence-corrected chi connectivity index (χ1v) is 5.39. The molecule has 14 heavy (non-hydrogen) atoms. The van der Waals surface area contributed by atoms with Crippen LogP contribution in [0.4, 0.5) is 0 Å². The van der Waals surface area contributed by atoms with Gasteiger partial charge in [0.05, 0.1) is 12.6 Å². The third kappa shape index (κ3) is 2.25. The number of hydrogen-bond donors (Lipinski definition) is 2. The SMILES string of the molecule is N[C@H]1CC[C@@H](C(=O)NC2CCOC2)C1. The molecule has 1 aliphatic heterocycles. The highest BCUT2D eigenvalue weighted by atomic mass is 16.5. The second-order valence-electron chi connectivity index (χ2n) is 4.34. The maximum absolute atomic E-state index is 11.7. The van der Waals surface area contributed by atoms with Gasteiger partial charge < -0.3 is 15.8 Å². The van der Waals surface area contributed by atoms with E-state index in [0.717, 1.165) is 32.3 Å². The Bertz CT molecular complexity index is 214. The topological polar surface area (TPSA) is 64.4 Å². The minimum Gasteiger partial charge on any atom is -0.379 e. The van der Waals surface area contributed by atoms with Crippen LogP contribution in [-0.4, -0.2) is 31.2 Å². The quantitative estimate of drug-likeness (QED) is 0.657. The van der Waals surface area contributed by atoms with Gasteiger partial charge in [0, 0.05) is 18.6 Å². The average molecular weight is 198 g/mol. The van der Waals surface area contributed by atoms with Crippen molar-refractivity contribution in [2.75, 3.05) is 13.2 Å². The van der Waals surface area contributed by atoms with E-state index in [9.17, 15) is 4.79 Å². The van der Waals surface area contributed by atoms with Crippen LogP contribution < -0.4 is 11.1 Å². The van der Waals surface area contributed by atoms with E-state index in [2.05, 4.69) is 5.32 Å². The van der Waals surface area contributed by atoms with Crippen LogP contribution in [0.2, 0.25) is 0 Å². The van der Waals surface area contributed by atoms with Crippen molar-refractivity contribution in [1.29, 1.82) is 0 Å². The lowest BCUT2D eigenvalue weighted by molar-refractivity contribution is -0.125. The Labute approximate surface area is 84.2 Å². The fourth-order valence-electron chi connectivity index (χ4n) is 2.22. The Kier molecular flexibility index (Phi) is 3.03. The van der Waals surface area contributed by atoms with Gasteiger partial charge in [0.15, 0.2) is 0 Å². The number of nitrogens with two attached hydrogens (primary N) is 1. The van der Waals surface area contributed by atoms with Crippen LogP contribution in [0.1, 0.15) is 25.7 Å². The fourth-order valence-corrected chi connectivity index (χ4v) is 2.22. The summed E-state index contributed by atoms with van der Waals surface area (Å²) in [5, 5.41) is 3.02. The van der Waals surface area contributed by atoms with Gasteiger partial charge in [0.1, 0.15) is 0 Å². The Balaban J connectivity index is 1.77. The van der Waals surface area contributed by atoms with Crippen molar-refractivity contribution >= 4 is 5.91 Å². The number of nitrogens with one attached hydrogen (secondary N) is 1. The summed E-state index contributed by atoms with van der Waals surface area (Å²) in [6.07, 6.45) is 3.73. The van der Waals surface area contributed by atoms with E-state index in [0.29, 0.717) is 6.61 Å². The molecule has 0 radical (unpaired) electrons. The number of hydrogen-bond acceptors (Lipinski definition) is 3. The Morgan fingerprint density at radius 1 is 1.36 bits per heavy atom. The molecule has 1 amide bonds. The molecular formula is C10H18N2O2. The van der Waals surface area contributed by atoms with Gasteiger partial charge in [-0.05, 0) is 25.7 Å². The molecule has 1 aliphatic carbocycles. The molecule has 1 heterocycles. The Morgan fingerprint density at radius 3 is 2.79 bits per heavy atom. The molecule has 0 bridgehead atoms. The van der Waals surface area contributed by atoms with E-state index in [1.807, 2.05) is 0 Å². The predicted octanol–water partition coefficient (Wildman–Crippen LogP) is 0.0189. The van der Waals surface area contributed by atoms with Crippen LogP contribution in [0.3, 0.4) is 0 Å². The first kappa shape index (κ1) is 9.93. The smallest absolute Gasteiger partial charge is 0.223 e. The number of carbonyl (C=O) groups is 1. The van der Waals surface area contributed by atoms with Gasteiger partial charge in [0.2, 0.25) is 5.91 Å². The number of rotatable bonds is 2. The molecule has 2 fully saturated rings. The lowest BCUT2D eigenvalue weighted by Gasteiger charge is -2.14. The second kappa shape index (κ2) is 4.28. The van der Waals surface area contributed by atoms with Crippen molar-refractivity contribution in [3.63, 3.8) is 0 Å². The summed E-state index contributed by atoms with van der Waals surface area (Å²) in [6, 6.07) is 0.463. The van der Waals surface area contributed by atoms with Crippen molar-refractivity contribution in [1.82, 2.24) is 5.32 Å². The summed E-state index contributed by atoms with van der Waals surface area (Å²) < 4.78 is 5.20. The van der Waals surface area contributed by atoms with Gasteiger partial charge in [-0.1, -0.05) is 0 Å². The number of ether oxygens (including phenoxy) is 1. The average Bonchev–Trinajstić information content (AvgIpc) is 2.75. The summed E-state index contributed by atoms with van der Waals surface area (Å²) in [5.74, 6) is 0.319. The van der Waals surface area contributed by atoms with E-state index in [1.54, 1.807) is 0 Å². The molecule has 4 nitrogen and oxygen atoms in total.